The highest BCUT2D eigenvalue weighted by Crippen LogP contribution is 2.12. The molecule has 0 radical (unpaired) electrons. The summed E-state index contributed by atoms with van der Waals surface area (Å²) in [6, 6.07) is 2.98. The Morgan fingerprint density at radius 1 is 1.50 bits per heavy atom. The van der Waals surface area contributed by atoms with Gasteiger partial charge in [0, 0.05) is 11.6 Å². The van der Waals surface area contributed by atoms with Crippen molar-refractivity contribution in [2.45, 2.75) is 19.5 Å². The molecule has 1 unspecified atom stereocenters. The minimum atomic E-state index is -0.685. The third-order valence-electron chi connectivity index (χ3n) is 2.76. The maximum atomic E-state index is 11.8. The average molecular weight is 277 g/mol. The molecule has 0 bridgehead atoms. The SMILES string of the molecule is COC(=O)NC(C)C(=O)NCc1[nH]nc2ncccc12. The fourth-order valence-corrected chi connectivity index (χ4v) is 1.67. The van der Waals surface area contributed by atoms with E-state index in [0.717, 1.165) is 11.1 Å². The summed E-state index contributed by atoms with van der Waals surface area (Å²) in [5.41, 5.74) is 1.35. The van der Waals surface area contributed by atoms with Crippen LogP contribution in [0.1, 0.15) is 12.6 Å². The minimum Gasteiger partial charge on any atom is -0.453 e. The molecule has 8 heteroatoms. The van der Waals surface area contributed by atoms with Crippen molar-refractivity contribution in [3.05, 3.63) is 24.0 Å². The van der Waals surface area contributed by atoms with E-state index in [1.54, 1.807) is 19.2 Å². The number of H-pyrrole nitrogens is 1. The first-order chi connectivity index (χ1) is 9.61. The third kappa shape index (κ3) is 3.02. The Kier molecular flexibility index (Phi) is 4.14. The van der Waals surface area contributed by atoms with Crippen LogP contribution in [0.5, 0.6) is 0 Å². The number of aromatic amines is 1. The molecule has 0 saturated carbocycles. The molecule has 3 N–H and O–H groups in total. The van der Waals surface area contributed by atoms with Gasteiger partial charge in [-0.2, -0.15) is 5.10 Å². The Balaban J connectivity index is 1.95. The first kappa shape index (κ1) is 13.8. The topological polar surface area (TPSA) is 109 Å². The van der Waals surface area contributed by atoms with E-state index in [0.29, 0.717) is 5.65 Å². The highest BCUT2D eigenvalue weighted by molar-refractivity contribution is 5.85. The maximum Gasteiger partial charge on any atom is 0.407 e. The number of nitrogens with zero attached hydrogens (tertiary/aromatic N) is 2. The zero-order chi connectivity index (χ0) is 14.5. The number of carbonyl (C=O) groups is 2. The summed E-state index contributed by atoms with van der Waals surface area (Å²) < 4.78 is 4.42. The zero-order valence-electron chi connectivity index (χ0n) is 11.1. The van der Waals surface area contributed by atoms with Crippen molar-refractivity contribution in [3.63, 3.8) is 0 Å². The van der Waals surface area contributed by atoms with Gasteiger partial charge in [0.15, 0.2) is 5.65 Å². The summed E-state index contributed by atoms with van der Waals surface area (Å²) in [7, 11) is 1.24. The predicted octanol–water partition coefficient (Wildman–Crippen LogP) is 0.319. The van der Waals surface area contributed by atoms with E-state index in [-0.39, 0.29) is 12.5 Å². The monoisotopic (exact) mass is 277 g/mol. The lowest BCUT2D eigenvalue weighted by Gasteiger charge is -2.12. The second kappa shape index (κ2) is 6.00. The molecule has 0 aliphatic heterocycles. The van der Waals surface area contributed by atoms with Crippen LogP contribution in [0.3, 0.4) is 0 Å². The molecule has 1 atom stereocenters. The molecule has 0 aliphatic rings. The number of alkyl carbamates (subject to hydrolysis) is 1. The van der Waals surface area contributed by atoms with Gasteiger partial charge in [0.05, 0.1) is 19.3 Å². The van der Waals surface area contributed by atoms with Gasteiger partial charge in [0.2, 0.25) is 5.91 Å². The fourth-order valence-electron chi connectivity index (χ4n) is 1.67. The normalized spacial score (nSPS) is 11.9. The average Bonchev–Trinajstić information content (AvgIpc) is 2.87. The second-order valence-electron chi connectivity index (χ2n) is 4.15. The van der Waals surface area contributed by atoms with Gasteiger partial charge in [-0.25, -0.2) is 9.78 Å². The smallest absolute Gasteiger partial charge is 0.407 e. The number of ether oxygens (including phenoxy) is 1. The van der Waals surface area contributed by atoms with E-state index in [1.807, 2.05) is 6.07 Å². The van der Waals surface area contributed by atoms with Crippen LogP contribution in [0.4, 0.5) is 4.79 Å². The van der Waals surface area contributed by atoms with E-state index in [1.165, 1.54) is 7.11 Å². The number of nitrogens with one attached hydrogen (secondary N) is 3. The number of methoxy groups -OCH3 is 1. The number of hydrogen-bond donors (Lipinski definition) is 3. The molecule has 106 valence electrons. The van der Waals surface area contributed by atoms with Crippen LogP contribution in [0.25, 0.3) is 11.0 Å². The van der Waals surface area contributed by atoms with Gasteiger partial charge in [0.1, 0.15) is 6.04 Å². The number of amides is 2. The first-order valence-corrected chi connectivity index (χ1v) is 6.02. The van der Waals surface area contributed by atoms with Crippen LogP contribution in [0.15, 0.2) is 18.3 Å². The lowest BCUT2D eigenvalue weighted by Crippen LogP contribution is -2.44. The van der Waals surface area contributed by atoms with E-state index >= 15 is 0 Å². The van der Waals surface area contributed by atoms with E-state index in [4.69, 9.17) is 0 Å². The van der Waals surface area contributed by atoms with Crippen molar-refractivity contribution in [3.8, 4) is 0 Å². The van der Waals surface area contributed by atoms with E-state index < -0.39 is 12.1 Å². The molecule has 0 spiro atoms. The maximum absolute atomic E-state index is 11.8. The number of hydrogen-bond acceptors (Lipinski definition) is 5. The Hall–Kier alpha value is -2.64. The summed E-state index contributed by atoms with van der Waals surface area (Å²) in [6.07, 6.45) is 0.997. The number of fused-ring (bicyclic) bond motifs is 1. The van der Waals surface area contributed by atoms with Gasteiger partial charge in [-0.3, -0.25) is 9.89 Å². The Bertz CT molecular complexity index is 624. The molecular weight excluding hydrogens is 262 g/mol. The quantitative estimate of drug-likeness (QED) is 0.745. The standard InChI is InChI=1S/C12H15N5O3/c1-7(15-12(19)20-2)11(18)14-6-9-8-4-3-5-13-10(8)17-16-9/h3-5,7H,6H2,1-2H3,(H,14,18)(H,15,19)(H,13,16,17). The second-order valence-corrected chi connectivity index (χ2v) is 4.15. The van der Waals surface area contributed by atoms with Crippen molar-refractivity contribution in [2.75, 3.05) is 7.11 Å². The van der Waals surface area contributed by atoms with Gasteiger partial charge in [0.25, 0.3) is 0 Å². The molecule has 2 aromatic heterocycles. The molecule has 0 fully saturated rings. The molecule has 20 heavy (non-hydrogen) atoms. The minimum absolute atomic E-state index is 0.272. The predicted molar refractivity (Wildman–Crippen MR) is 70.7 cm³/mol. The summed E-state index contributed by atoms with van der Waals surface area (Å²) in [6.45, 7) is 1.84. The van der Waals surface area contributed by atoms with Gasteiger partial charge in [-0.05, 0) is 19.1 Å². The molecule has 2 rings (SSSR count). The Morgan fingerprint density at radius 2 is 2.30 bits per heavy atom. The molecule has 2 heterocycles. The number of pyridine rings is 1. The number of rotatable bonds is 4. The van der Waals surface area contributed by atoms with Gasteiger partial charge >= 0.3 is 6.09 Å². The van der Waals surface area contributed by atoms with Gasteiger partial charge in [-0.15, -0.1) is 0 Å². The Labute approximate surface area is 114 Å². The van der Waals surface area contributed by atoms with Crippen molar-refractivity contribution < 1.29 is 14.3 Å². The van der Waals surface area contributed by atoms with Crippen LogP contribution in [0.2, 0.25) is 0 Å². The molecular formula is C12H15N5O3. The molecule has 8 nitrogen and oxygen atoms in total. The fraction of sp³-hybridized carbons (Fsp3) is 0.333. The molecule has 0 aromatic carbocycles. The summed E-state index contributed by atoms with van der Waals surface area (Å²) in [5, 5.41) is 12.8. The van der Waals surface area contributed by atoms with Crippen molar-refractivity contribution in [2.24, 2.45) is 0 Å². The van der Waals surface area contributed by atoms with Crippen LogP contribution in [-0.4, -0.2) is 40.3 Å². The van der Waals surface area contributed by atoms with Crippen LogP contribution >= 0.6 is 0 Å². The molecule has 0 saturated heterocycles. The largest absolute Gasteiger partial charge is 0.453 e. The lowest BCUT2D eigenvalue weighted by atomic mass is 10.2. The van der Waals surface area contributed by atoms with Crippen LogP contribution < -0.4 is 10.6 Å². The summed E-state index contributed by atoms with van der Waals surface area (Å²) in [5.74, 6) is -0.318. The molecule has 2 amide bonds. The van der Waals surface area contributed by atoms with E-state index in [2.05, 4.69) is 30.6 Å². The number of aromatic nitrogens is 3. The van der Waals surface area contributed by atoms with E-state index in [9.17, 15) is 9.59 Å². The van der Waals surface area contributed by atoms with Crippen molar-refractivity contribution >= 4 is 23.0 Å². The van der Waals surface area contributed by atoms with Gasteiger partial charge in [-0.1, -0.05) is 0 Å². The Morgan fingerprint density at radius 3 is 3.05 bits per heavy atom. The van der Waals surface area contributed by atoms with Crippen molar-refractivity contribution in [1.29, 1.82) is 0 Å². The highest BCUT2D eigenvalue weighted by atomic mass is 16.5. The van der Waals surface area contributed by atoms with Crippen LogP contribution in [0, 0.1) is 0 Å². The van der Waals surface area contributed by atoms with Gasteiger partial charge < -0.3 is 15.4 Å². The molecule has 0 aliphatic carbocycles. The summed E-state index contributed by atoms with van der Waals surface area (Å²) >= 11 is 0. The summed E-state index contributed by atoms with van der Waals surface area (Å²) in [4.78, 5) is 26.9. The highest BCUT2D eigenvalue weighted by Gasteiger charge is 2.16. The third-order valence-corrected chi connectivity index (χ3v) is 2.76. The lowest BCUT2D eigenvalue weighted by molar-refractivity contribution is -0.122. The molecule has 2 aromatic rings. The van der Waals surface area contributed by atoms with Crippen molar-refractivity contribution in [1.82, 2.24) is 25.8 Å². The number of carbonyl (C=O) groups excluding carboxylic acids is 2. The first-order valence-electron chi connectivity index (χ1n) is 6.02. The zero-order valence-corrected chi connectivity index (χ0v) is 11.1. The van der Waals surface area contributed by atoms with Crippen LogP contribution in [-0.2, 0) is 16.1 Å².